The van der Waals surface area contributed by atoms with E-state index < -0.39 is 0 Å². The lowest BCUT2D eigenvalue weighted by Crippen LogP contribution is -2.33. The van der Waals surface area contributed by atoms with Crippen LogP contribution < -0.4 is 16.0 Å². The number of carbonyl (C=O) groups excluding carboxylic acids is 1. The van der Waals surface area contributed by atoms with E-state index in [-0.39, 0.29) is 36.6 Å². The van der Waals surface area contributed by atoms with Crippen molar-refractivity contribution in [1.82, 2.24) is 10.3 Å². The van der Waals surface area contributed by atoms with Crippen LogP contribution in [0.25, 0.3) is 0 Å². The number of hydrogen-bond donors (Lipinski definition) is 2. The maximum atomic E-state index is 11.6. The zero-order valence-corrected chi connectivity index (χ0v) is 14.6. The van der Waals surface area contributed by atoms with E-state index in [0.717, 1.165) is 24.5 Å². The number of hydrogen-bond acceptors (Lipinski definition) is 4. The third-order valence-corrected chi connectivity index (χ3v) is 3.76. The highest BCUT2D eigenvalue weighted by molar-refractivity contribution is 5.85. The smallest absolute Gasteiger partial charge is 0.224 e. The molecule has 5 nitrogen and oxygen atoms in total. The summed E-state index contributed by atoms with van der Waals surface area (Å²) < 4.78 is 0. The fourth-order valence-corrected chi connectivity index (χ4v) is 2.30. The number of anilines is 1. The second kappa shape index (κ2) is 10.6. The first-order valence-corrected chi connectivity index (χ1v) is 7.38. The van der Waals surface area contributed by atoms with Crippen molar-refractivity contribution >= 4 is 36.5 Å². The van der Waals surface area contributed by atoms with Crippen LogP contribution in [0, 0.1) is 5.92 Å². The van der Waals surface area contributed by atoms with Crippen LogP contribution in [0.15, 0.2) is 18.3 Å². The molecule has 1 aromatic rings. The average molecular weight is 349 g/mol. The van der Waals surface area contributed by atoms with Gasteiger partial charge in [-0.25, -0.2) is 4.98 Å². The lowest BCUT2D eigenvalue weighted by molar-refractivity contribution is -0.124. The van der Waals surface area contributed by atoms with E-state index >= 15 is 0 Å². The molecule has 0 aromatic carbocycles. The van der Waals surface area contributed by atoms with E-state index in [0.29, 0.717) is 13.1 Å². The molecule has 1 saturated heterocycles. The molecular formula is C15H26Cl2N4O. The number of rotatable bonds is 5. The lowest BCUT2D eigenvalue weighted by Gasteiger charge is -2.27. The number of piperidine rings is 1. The molecule has 3 N–H and O–H groups in total. The molecular weight excluding hydrogens is 323 g/mol. The van der Waals surface area contributed by atoms with Gasteiger partial charge < -0.3 is 16.0 Å². The first-order chi connectivity index (χ1) is 9.70. The van der Waals surface area contributed by atoms with Crippen molar-refractivity contribution in [2.75, 3.05) is 24.5 Å². The average Bonchev–Trinajstić information content (AvgIpc) is 2.53. The number of halogens is 2. The van der Waals surface area contributed by atoms with Gasteiger partial charge in [-0.2, -0.15) is 0 Å². The van der Waals surface area contributed by atoms with Crippen molar-refractivity contribution in [2.24, 2.45) is 11.7 Å². The second-order valence-electron chi connectivity index (χ2n) is 5.43. The Morgan fingerprint density at radius 1 is 1.32 bits per heavy atom. The third-order valence-electron chi connectivity index (χ3n) is 3.76. The molecule has 1 aromatic heterocycles. The molecule has 126 valence electrons. The summed E-state index contributed by atoms with van der Waals surface area (Å²) >= 11 is 0. The summed E-state index contributed by atoms with van der Waals surface area (Å²) in [7, 11) is 0. The van der Waals surface area contributed by atoms with Crippen molar-refractivity contribution in [3.63, 3.8) is 0 Å². The first kappa shape index (κ1) is 21.0. The number of pyridine rings is 1. The Morgan fingerprint density at radius 3 is 2.55 bits per heavy atom. The molecule has 0 spiro atoms. The minimum atomic E-state index is -0.143. The van der Waals surface area contributed by atoms with E-state index in [1.165, 1.54) is 19.3 Å². The Bertz CT molecular complexity index is 436. The Morgan fingerprint density at radius 2 is 2.00 bits per heavy atom. The SMILES string of the molecule is CC(CN)C(=O)NCc1ccc(N2CCCCC2)nc1.Cl.Cl. The molecule has 7 heteroatoms. The zero-order chi connectivity index (χ0) is 14.4. The summed E-state index contributed by atoms with van der Waals surface area (Å²) in [5.41, 5.74) is 6.48. The zero-order valence-electron chi connectivity index (χ0n) is 13.0. The summed E-state index contributed by atoms with van der Waals surface area (Å²) in [6.07, 6.45) is 5.66. The summed E-state index contributed by atoms with van der Waals surface area (Å²) in [6.45, 7) is 4.90. The number of carbonyl (C=O) groups is 1. The molecule has 1 aliphatic rings. The molecule has 0 bridgehead atoms. The highest BCUT2D eigenvalue weighted by Gasteiger charge is 2.12. The van der Waals surface area contributed by atoms with Crippen LogP contribution in [0.2, 0.25) is 0 Å². The molecule has 2 heterocycles. The maximum absolute atomic E-state index is 11.6. The highest BCUT2D eigenvalue weighted by Crippen LogP contribution is 2.17. The van der Waals surface area contributed by atoms with Gasteiger partial charge in [-0.05, 0) is 30.9 Å². The van der Waals surface area contributed by atoms with Crippen molar-refractivity contribution in [3.8, 4) is 0 Å². The predicted octanol–water partition coefficient (Wildman–Crippen LogP) is 2.13. The quantitative estimate of drug-likeness (QED) is 0.854. The van der Waals surface area contributed by atoms with Gasteiger partial charge in [0.15, 0.2) is 0 Å². The number of nitrogens with two attached hydrogens (primary N) is 1. The number of amides is 1. The molecule has 1 aliphatic heterocycles. The highest BCUT2D eigenvalue weighted by atomic mass is 35.5. The monoisotopic (exact) mass is 348 g/mol. The molecule has 1 atom stereocenters. The Kier molecular flexibility index (Phi) is 10.1. The van der Waals surface area contributed by atoms with Crippen LogP contribution in [-0.2, 0) is 11.3 Å². The van der Waals surface area contributed by atoms with Crippen molar-refractivity contribution in [2.45, 2.75) is 32.7 Å². The van der Waals surface area contributed by atoms with Crippen LogP contribution in [0.1, 0.15) is 31.7 Å². The first-order valence-electron chi connectivity index (χ1n) is 7.38. The van der Waals surface area contributed by atoms with Gasteiger partial charge in [-0.15, -0.1) is 24.8 Å². The minimum absolute atomic E-state index is 0. The van der Waals surface area contributed by atoms with Crippen molar-refractivity contribution in [3.05, 3.63) is 23.9 Å². The fourth-order valence-electron chi connectivity index (χ4n) is 2.30. The Labute approximate surface area is 144 Å². The minimum Gasteiger partial charge on any atom is -0.357 e. The Balaban J connectivity index is 0.00000220. The van der Waals surface area contributed by atoms with Crippen LogP contribution in [-0.4, -0.2) is 30.5 Å². The van der Waals surface area contributed by atoms with Gasteiger partial charge in [0.25, 0.3) is 0 Å². The second-order valence-corrected chi connectivity index (χ2v) is 5.43. The molecule has 0 aliphatic carbocycles. The van der Waals surface area contributed by atoms with Gasteiger partial charge in [-0.1, -0.05) is 13.0 Å². The number of nitrogens with one attached hydrogen (secondary N) is 1. The van der Waals surface area contributed by atoms with Gasteiger partial charge in [0.1, 0.15) is 5.82 Å². The summed E-state index contributed by atoms with van der Waals surface area (Å²) in [4.78, 5) is 18.5. The molecule has 1 fully saturated rings. The predicted molar refractivity (Wildman–Crippen MR) is 94.9 cm³/mol. The summed E-state index contributed by atoms with van der Waals surface area (Å²) in [6, 6.07) is 4.07. The van der Waals surface area contributed by atoms with E-state index in [1.807, 2.05) is 25.3 Å². The van der Waals surface area contributed by atoms with Crippen LogP contribution in [0.3, 0.4) is 0 Å². The standard InChI is InChI=1S/C15H24N4O.2ClH/c1-12(9-16)15(20)18-11-13-5-6-14(17-10-13)19-7-3-2-4-8-19;;/h5-6,10,12H,2-4,7-9,11,16H2,1H3,(H,18,20);2*1H. The molecule has 2 rings (SSSR count). The summed E-state index contributed by atoms with van der Waals surface area (Å²) in [5.74, 6) is 0.887. The molecule has 22 heavy (non-hydrogen) atoms. The Hall–Kier alpha value is -1.04. The van der Waals surface area contributed by atoms with Gasteiger partial charge in [0.2, 0.25) is 5.91 Å². The normalized spacial score (nSPS) is 15.3. The van der Waals surface area contributed by atoms with E-state index in [9.17, 15) is 4.79 Å². The van der Waals surface area contributed by atoms with Crippen molar-refractivity contribution < 1.29 is 4.79 Å². The number of nitrogens with zero attached hydrogens (tertiary/aromatic N) is 2. The number of aromatic nitrogens is 1. The van der Waals surface area contributed by atoms with Gasteiger partial charge in [0, 0.05) is 38.3 Å². The fraction of sp³-hybridized carbons (Fsp3) is 0.600. The molecule has 0 saturated carbocycles. The van der Waals surface area contributed by atoms with E-state index in [1.54, 1.807) is 0 Å². The molecule has 1 amide bonds. The lowest BCUT2D eigenvalue weighted by atomic mass is 10.1. The molecule has 1 unspecified atom stereocenters. The van der Waals surface area contributed by atoms with Crippen LogP contribution in [0.4, 0.5) is 5.82 Å². The van der Waals surface area contributed by atoms with E-state index in [2.05, 4.69) is 15.2 Å². The van der Waals surface area contributed by atoms with Gasteiger partial charge >= 0.3 is 0 Å². The third kappa shape index (κ3) is 5.99. The van der Waals surface area contributed by atoms with Crippen molar-refractivity contribution in [1.29, 1.82) is 0 Å². The summed E-state index contributed by atoms with van der Waals surface area (Å²) in [5, 5.41) is 2.88. The molecule has 0 radical (unpaired) electrons. The largest absolute Gasteiger partial charge is 0.357 e. The van der Waals surface area contributed by atoms with Gasteiger partial charge in [-0.3, -0.25) is 4.79 Å². The maximum Gasteiger partial charge on any atom is 0.224 e. The van der Waals surface area contributed by atoms with E-state index in [4.69, 9.17) is 5.73 Å². The topological polar surface area (TPSA) is 71.2 Å². The van der Waals surface area contributed by atoms with Gasteiger partial charge in [0.05, 0.1) is 0 Å². The van der Waals surface area contributed by atoms with Crippen LogP contribution in [0.5, 0.6) is 0 Å². The van der Waals surface area contributed by atoms with Crippen LogP contribution >= 0.6 is 24.8 Å².